The molecule has 0 saturated carbocycles. The Morgan fingerprint density at radius 2 is 2.12 bits per heavy atom. The Morgan fingerprint density at radius 3 is 2.76 bits per heavy atom. The van der Waals surface area contributed by atoms with Crippen LogP contribution in [0.25, 0.3) is 11.5 Å². The SMILES string of the molecule is CCc1cccnc1-c1nc(C)c(Br)c(N)n1. The summed E-state index contributed by atoms with van der Waals surface area (Å²) in [7, 11) is 0. The minimum atomic E-state index is 0.445. The van der Waals surface area contributed by atoms with Crippen LogP contribution in [0.15, 0.2) is 22.8 Å². The van der Waals surface area contributed by atoms with Crippen molar-refractivity contribution in [2.24, 2.45) is 0 Å². The van der Waals surface area contributed by atoms with Crippen LogP contribution in [0, 0.1) is 6.92 Å². The van der Waals surface area contributed by atoms with Gasteiger partial charge in [-0.2, -0.15) is 0 Å². The van der Waals surface area contributed by atoms with E-state index in [4.69, 9.17) is 5.73 Å². The van der Waals surface area contributed by atoms with Gasteiger partial charge in [0.25, 0.3) is 0 Å². The van der Waals surface area contributed by atoms with Crippen LogP contribution in [-0.4, -0.2) is 15.0 Å². The molecule has 2 N–H and O–H groups in total. The maximum Gasteiger partial charge on any atom is 0.180 e. The van der Waals surface area contributed by atoms with E-state index < -0.39 is 0 Å². The number of nitrogens with two attached hydrogens (primary N) is 1. The fraction of sp³-hybridized carbons (Fsp3) is 0.250. The van der Waals surface area contributed by atoms with Crippen LogP contribution < -0.4 is 5.73 Å². The molecule has 0 bridgehead atoms. The number of nitrogens with zero attached hydrogens (tertiary/aromatic N) is 3. The first-order valence-corrected chi connectivity index (χ1v) is 6.16. The van der Waals surface area contributed by atoms with Crippen LogP contribution in [0.1, 0.15) is 18.2 Å². The van der Waals surface area contributed by atoms with Gasteiger partial charge in [-0.1, -0.05) is 13.0 Å². The third-order valence-electron chi connectivity index (χ3n) is 2.53. The quantitative estimate of drug-likeness (QED) is 0.924. The van der Waals surface area contributed by atoms with Gasteiger partial charge in [0.05, 0.1) is 10.2 Å². The second-order valence-corrected chi connectivity index (χ2v) is 4.49. The molecule has 0 atom stereocenters. The smallest absolute Gasteiger partial charge is 0.180 e. The molecule has 2 aromatic rings. The molecule has 0 aliphatic rings. The fourth-order valence-corrected chi connectivity index (χ4v) is 1.79. The van der Waals surface area contributed by atoms with Gasteiger partial charge in [-0.25, -0.2) is 9.97 Å². The summed E-state index contributed by atoms with van der Waals surface area (Å²) in [5, 5.41) is 0. The Hall–Kier alpha value is -1.49. The molecule has 2 rings (SSSR count). The Balaban J connectivity index is 2.61. The van der Waals surface area contributed by atoms with E-state index in [2.05, 4.69) is 37.8 Å². The number of nitrogen functional groups attached to an aromatic ring is 1. The molecule has 0 saturated heterocycles. The molecule has 0 fully saturated rings. The predicted molar refractivity (Wildman–Crippen MR) is 71.5 cm³/mol. The van der Waals surface area contributed by atoms with Gasteiger partial charge in [-0.15, -0.1) is 0 Å². The molecule has 0 aliphatic carbocycles. The summed E-state index contributed by atoms with van der Waals surface area (Å²) in [4.78, 5) is 13.0. The average molecular weight is 293 g/mol. The summed E-state index contributed by atoms with van der Waals surface area (Å²) >= 11 is 3.35. The molecule has 5 heteroatoms. The van der Waals surface area contributed by atoms with E-state index >= 15 is 0 Å². The van der Waals surface area contributed by atoms with Gasteiger partial charge in [-0.3, -0.25) is 4.98 Å². The first-order valence-electron chi connectivity index (χ1n) is 5.37. The lowest BCUT2D eigenvalue weighted by Gasteiger charge is -2.08. The van der Waals surface area contributed by atoms with Gasteiger partial charge in [0, 0.05) is 6.20 Å². The maximum absolute atomic E-state index is 5.82. The summed E-state index contributed by atoms with van der Waals surface area (Å²) in [5.74, 6) is 1.03. The summed E-state index contributed by atoms with van der Waals surface area (Å²) < 4.78 is 0.746. The van der Waals surface area contributed by atoms with Crippen molar-refractivity contribution in [3.63, 3.8) is 0 Å². The topological polar surface area (TPSA) is 64.7 Å². The standard InChI is InChI=1S/C12H13BrN4/c1-3-8-5-4-6-15-10(8)12-16-7(2)9(13)11(14)17-12/h4-6H,3H2,1-2H3,(H2,14,16,17). The van der Waals surface area contributed by atoms with Crippen LogP contribution in [0.4, 0.5) is 5.82 Å². The normalized spacial score (nSPS) is 10.5. The lowest BCUT2D eigenvalue weighted by Crippen LogP contribution is -2.02. The van der Waals surface area contributed by atoms with Crippen LogP contribution in [0.2, 0.25) is 0 Å². The van der Waals surface area contributed by atoms with E-state index in [1.54, 1.807) is 6.20 Å². The molecule has 0 radical (unpaired) electrons. The molecule has 2 aromatic heterocycles. The van der Waals surface area contributed by atoms with Crippen LogP contribution in [-0.2, 0) is 6.42 Å². The number of aryl methyl sites for hydroxylation is 2. The van der Waals surface area contributed by atoms with E-state index in [0.717, 1.165) is 27.8 Å². The monoisotopic (exact) mass is 292 g/mol. The van der Waals surface area contributed by atoms with Crippen molar-refractivity contribution in [2.75, 3.05) is 5.73 Å². The van der Waals surface area contributed by atoms with Gasteiger partial charge < -0.3 is 5.73 Å². The second kappa shape index (κ2) is 4.79. The van der Waals surface area contributed by atoms with E-state index in [9.17, 15) is 0 Å². The minimum absolute atomic E-state index is 0.445. The number of aromatic nitrogens is 3. The van der Waals surface area contributed by atoms with Crippen LogP contribution in [0.3, 0.4) is 0 Å². The second-order valence-electron chi connectivity index (χ2n) is 3.70. The highest BCUT2D eigenvalue weighted by Crippen LogP contribution is 2.25. The van der Waals surface area contributed by atoms with Crippen molar-refractivity contribution in [3.05, 3.63) is 34.1 Å². The summed E-state index contributed by atoms with van der Waals surface area (Å²) in [6.45, 7) is 3.97. The van der Waals surface area contributed by atoms with Gasteiger partial charge in [-0.05, 0) is 40.9 Å². The molecule has 4 nitrogen and oxygen atoms in total. The number of pyridine rings is 1. The summed E-state index contributed by atoms with van der Waals surface area (Å²) in [5.41, 5.74) is 8.57. The highest BCUT2D eigenvalue weighted by Gasteiger charge is 2.12. The molecule has 0 spiro atoms. The van der Waals surface area contributed by atoms with E-state index in [1.807, 2.05) is 19.1 Å². The number of hydrogen-bond acceptors (Lipinski definition) is 4. The highest BCUT2D eigenvalue weighted by atomic mass is 79.9. The Labute approximate surface area is 108 Å². The zero-order valence-corrected chi connectivity index (χ0v) is 11.3. The van der Waals surface area contributed by atoms with E-state index in [1.165, 1.54) is 0 Å². The van der Waals surface area contributed by atoms with E-state index in [-0.39, 0.29) is 0 Å². The van der Waals surface area contributed by atoms with Crippen molar-refractivity contribution in [3.8, 4) is 11.5 Å². The van der Waals surface area contributed by atoms with E-state index in [0.29, 0.717) is 11.6 Å². The van der Waals surface area contributed by atoms with Crippen LogP contribution >= 0.6 is 15.9 Å². The van der Waals surface area contributed by atoms with Crippen LogP contribution in [0.5, 0.6) is 0 Å². The number of hydrogen-bond donors (Lipinski definition) is 1. The molecular weight excluding hydrogens is 280 g/mol. The predicted octanol–water partition coefficient (Wildman–Crippen LogP) is 2.75. The van der Waals surface area contributed by atoms with Gasteiger partial charge in [0.2, 0.25) is 0 Å². The lowest BCUT2D eigenvalue weighted by atomic mass is 10.1. The lowest BCUT2D eigenvalue weighted by molar-refractivity contribution is 1.04. The largest absolute Gasteiger partial charge is 0.383 e. The Bertz CT molecular complexity index is 531. The van der Waals surface area contributed by atoms with Gasteiger partial charge >= 0.3 is 0 Å². The van der Waals surface area contributed by atoms with Crippen molar-refractivity contribution >= 4 is 21.7 Å². The summed E-state index contributed by atoms with van der Waals surface area (Å²) in [6.07, 6.45) is 2.63. The maximum atomic E-state index is 5.82. The first kappa shape index (κ1) is 12.0. The average Bonchev–Trinajstić information content (AvgIpc) is 2.35. The first-order chi connectivity index (χ1) is 8.13. The van der Waals surface area contributed by atoms with Crippen molar-refractivity contribution in [2.45, 2.75) is 20.3 Å². The molecule has 17 heavy (non-hydrogen) atoms. The summed E-state index contributed by atoms with van der Waals surface area (Å²) in [6, 6.07) is 3.94. The number of rotatable bonds is 2. The fourth-order valence-electron chi connectivity index (χ4n) is 1.61. The zero-order valence-electron chi connectivity index (χ0n) is 9.74. The molecule has 88 valence electrons. The highest BCUT2D eigenvalue weighted by molar-refractivity contribution is 9.10. The zero-order chi connectivity index (χ0) is 12.4. The molecule has 2 heterocycles. The molecule has 0 aliphatic heterocycles. The molecule has 0 aromatic carbocycles. The number of anilines is 1. The van der Waals surface area contributed by atoms with Gasteiger partial charge in [0.1, 0.15) is 11.5 Å². The number of halogens is 1. The van der Waals surface area contributed by atoms with Crippen molar-refractivity contribution < 1.29 is 0 Å². The van der Waals surface area contributed by atoms with Crippen molar-refractivity contribution in [1.82, 2.24) is 15.0 Å². The van der Waals surface area contributed by atoms with Crippen molar-refractivity contribution in [1.29, 1.82) is 0 Å². The molecule has 0 unspecified atom stereocenters. The third kappa shape index (κ3) is 2.29. The van der Waals surface area contributed by atoms with Gasteiger partial charge in [0.15, 0.2) is 5.82 Å². The third-order valence-corrected chi connectivity index (χ3v) is 3.51. The molecular formula is C12H13BrN4. The Kier molecular flexibility index (Phi) is 3.38. The minimum Gasteiger partial charge on any atom is -0.383 e. The Morgan fingerprint density at radius 1 is 1.35 bits per heavy atom. The molecule has 0 amide bonds.